The standard InChI is InChI=1S/C23H26N8O2/c24-9-2-12-30(13-3-10-25)20-7-5-19(6-8-20)16-29-14-15-32-21(17-29)18-33-31-23-22(27-28-31)4-1-11-26-23/h1,4-8,11,21H,2-3,12-18H2. The number of pyridine rings is 1. The number of nitriles is 2. The zero-order valence-electron chi connectivity index (χ0n) is 18.4. The molecule has 10 heteroatoms. The van der Waals surface area contributed by atoms with Crippen molar-refractivity contribution < 1.29 is 9.57 Å². The zero-order valence-corrected chi connectivity index (χ0v) is 18.4. The SMILES string of the molecule is N#CCCN(CCC#N)c1ccc(CN2CCOC(COn3nnc4cccnc43)C2)cc1. The molecule has 3 heterocycles. The van der Waals surface area contributed by atoms with Crippen molar-refractivity contribution in [3.63, 3.8) is 0 Å². The molecule has 0 saturated carbocycles. The van der Waals surface area contributed by atoms with Crippen molar-refractivity contribution in [1.82, 2.24) is 25.0 Å². The van der Waals surface area contributed by atoms with Crippen LogP contribution >= 0.6 is 0 Å². The molecule has 0 bridgehead atoms. The van der Waals surface area contributed by atoms with Crippen LogP contribution in [0.1, 0.15) is 18.4 Å². The lowest BCUT2D eigenvalue weighted by Gasteiger charge is -2.32. The normalized spacial score (nSPS) is 16.2. The van der Waals surface area contributed by atoms with Gasteiger partial charge in [0, 0.05) is 44.6 Å². The Kier molecular flexibility index (Phi) is 7.64. The lowest BCUT2D eigenvalue weighted by Crippen LogP contribution is -2.45. The second-order valence-corrected chi connectivity index (χ2v) is 7.80. The van der Waals surface area contributed by atoms with Gasteiger partial charge in [-0.2, -0.15) is 10.5 Å². The van der Waals surface area contributed by atoms with Crippen molar-refractivity contribution in [2.45, 2.75) is 25.5 Å². The van der Waals surface area contributed by atoms with E-state index in [1.54, 1.807) is 6.20 Å². The van der Waals surface area contributed by atoms with E-state index in [0.29, 0.717) is 50.3 Å². The van der Waals surface area contributed by atoms with Crippen LogP contribution in [0.4, 0.5) is 5.69 Å². The van der Waals surface area contributed by atoms with Gasteiger partial charge in [0.1, 0.15) is 18.2 Å². The topological polar surface area (TPSA) is 116 Å². The molecule has 2 aromatic heterocycles. The average molecular weight is 447 g/mol. The van der Waals surface area contributed by atoms with Gasteiger partial charge in [-0.15, -0.1) is 5.10 Å². The van der Waals surface area contributed by atoms with Crippen LogP contribution in [0.2, 0.25) is 0 Å². The summed E-state index contributed by atoms with van der Waals surface area (Å²) in [5, 5.41) is 25.8. The van der Waals surface area contributed by atoms with Gasteiger partial charge in [0.25, 0.3) is 0 Å². The first-order valence-corrected chi connectivity index (χ1v) is 11.0. The lowest BCUT2D eigenvalue weighted by molar-refractivity contribution is -0.0770. The molecule has 0 amide bonds. The van der Waals surface area contributed by atoms with Gasteiger partial charge in [-0.3, -0.25) is 4.90 Å². The van der Waals surface area contributed by atoms with E-state index in [1.807, 2.05) is 12.1 Å². The maximum atomic E-state index is 8.90. The highest BCUT2D eigenvalue weighted by Gasteiger charge is 2.22. The molecule has 10 nitrogen and oxygen atoms in total. The highest BCUT2D eigenvalue weighted by Crippen LogP contribution is 2.18. The third-order valence-corrected chi connectivity index (χ3v) is 5.48. The molecule has 4 rings (SSSR count). The van der Waals surface area contributed by atoms with Gasteiger partial charge in [0.15, 0.2) is 0 Å². The Bertz CT molecular complexity index is 1100. The molecule has 0 N–H and O–H groups in total. The minimum absolute atomic E-state index is 0.0755. The number of anilines is 1. The second kappa shape index (κ2) is 11.2. The molecule has 1 aromatic carbocycles. The number of fused-ring (bicyclic) bond motifs is 1. The number of ether oxygens (including phenoxy) is 1. The van der Waals surface area contributed by atoms with E-state index in [1.165, 1.54) is 10.4 Å². The molecular formula is C23H26N8O2. The fourth-order valence-corrected chi connectivity index (χ4v) is 3.82. The smallest absolute Gasteiger partial charge is 0.219 e. The van der Waals surface area contributed by atoms with Gasteiger partial charge < -0.3 is 14.5 Å². The fraction of sp³-hybridized carbons (Fsp3) is 0.435. The Morgan fingerprint density at radius 1 is 1.12 bits per heavy atom. The lowest BCUT2D eigenvalue weighted by atomic mass is 10.1. The van der Waals surface area contributed by atoms with Crippen LogP contribution in [0.3, 0.4) is 0 Å². The van der Waals surface area contributed by atoms with Crippen molar-refractivity contribution in [3.05, 3.63) is 48.2 Å². The maximum absolute atomic E-state index is 8.90. The molecule has 1 atom stereocenters. The molecule has 1 unspecified atom stereocenters. The first-order chi connectivity index (χ1) is 16.3. The van der Waals surface area contributed by atoms with Crippen molar-refractivity contribution in [3.8, 4) is 12.1 Å². The monoisotopic (exact) mass is 446 g/mol. The predicted molar refractivity (Wildman–Crippen MR) is 121 cm³/mol. The average Bonchev–Trinajstić information content (AvgIpc) is 3.27. The number of rotatable bonds is 10. The highest BCUT2D eigenvalue weighted by atomic mass is 16.7. The minimum Gasteiger partial charge on any atom is -0.391 e. The summed E-state index contributed by atoms with van der Waals surface area (Å²) in [4.78, 5) is 15.8. The number of nitrogens with zero attached hydrogens (tertiary/aromatic N) is 8. The number of hydrogen-bond donors (Lipinski definition) is 0. The van der Waals surface area contributed by atoms with Gasteiger partial charge in [-0.25, -0.2) is 4.98 Å². The van der Waals surface area contributed by atoms with E-state index < -0.39 is 0 Å². The van der Waals surface area contributed by atoms with Crippen LogP contribution in [0.5, 0.6) is 0 Å². The largest absolute Gasteiger partial charge is 0.391 e. The summed E-state index contributed by atoms with van der Waals surface area (Å²) in [7, 11) is 0. The molecule has 3 aromatic rings. The van der Waals surface area contributed by atoms with Crippen LogP contribution in [-0.4, -0.2) is 70.5 Å². The van der Waals surface area contributed by atoms with Gasteiger partial charge in [-0.1, -0.05) is 17.0 Å². The first-order valence-electron chi connectivity index (χ1n) is 11.0. The van der Waals surface area contributed by atoms with Gasteiger partial charge >= 0.3 is 0 Å². The predicted octanol–water partition coefficient (Wildman–Crippen LogP) is 1.79. The van der Waals surface area contributed by atoms with E-state index in [0.717, 1.165) is 25.3 Å². The fourth-order valence-electron chi connectivity index (χ4n) is 3.82. The molecular weight excluding hydrogens is 420 g/mol. The van der Waals surface area contributed by atoms with E-state index >= 15 is 0 Å². The molecule has 0 radical (unpaired) electrons. The van der Waals surface area contributed by atoms with E-state index in [-0.39, 0.29) is 6.10 Å². The van der Waals surface area contributed by atoms with E-state index in [2.05, 4.69) is 61.5 Å². The van der Waals surface area contributed by atoms with Gasteiger partial charge in [0.2, 0.25) is 5.65 Å². The summed E-state index contributed by atoms with van der Waals surface area (Å²) < 4.78 is 5.87. The highest BCUT2D eigenvalue weighted by molar-refractivity contribution is 5.68. The van der Waals surface area contributed by atoms with E-state index in [9.17, 15) is 0 Å². The summed E-state index contributed by atoms with van der Waals surface area (Å²) in [5.74, 6) is 0. The first kappa shape index (κ1) is 22.5. The van der Waals surface area contributed by atoms with Crippen LogP contribution in [0.25, 0.3) is 11.2 Å². The Balaban J connectivity index is 1.30. The minimum atomic E-state index is -0.0755. The maximum Gasteiger partial charge on any atom is 0.219 e. The van der Waals surface area contributed by atoms with Gasteiger partial charge in [0.05, 0.1) is 31.6 Å². The van der Waals surface area contributed by atoms with Gasteiger partial charge in [-0.05, 0) is 35.0 Å². The Morgan fingerprint density at radius 2 is 1.91 bits per heavy atom. The van der Waals surface area contributed by atoms with Crippen molar-refractivity contribution in [2.24, 2.45) is 0 Å². The second-order valence-electron chi connectivity index (χ2n) is 7.80. The molecule has 1 fully saturated rings. The number of hydrogen-bond acceptors (Lipinski definition) is 9. The summed E-state index contributed by atoms with van der Waals surface area (Å²) >= 11 is 0. The summed E-state index contributed by atoms with van der Waals surface area (Å²) in [6.45, 7) is 4.65. The van der Waals surface area contributed by atoms with E-state index in [4.69, 9.17) is 20.1 Å². The van der Waals surface area contributed by atoms with Crippen LogP contribution in [0.15, 0.2) is 42.6 Å². The Morgan fingerprint density at radius 3 is 2.67 bits per heavy atom. The van der Waals surface area contributed by atoms with Crippen molar-refractivity contribution >= 4 is 16.9 Å². The Labute approximate surface area is 192 Å². The molecule has 0 spiro atoms. The zero-order chi connectivity index (χ0) is 22.9. The van der Waals surface area contributed by atoms with Crippen molar-refractivity contribution in [2.75, 3.05) is 44.3 Å². The molecule has 1 aliphatic heterocycles. The number of benzene rings is 1. The molecule has 1 saturated heterocycles. The Hall–Kier alpha value is -3.73. The third kappa shape index (κ3) is 5.95. The summed E-state index contributed by atoms with van der Waals surface area (Å²) in [5.41, 5.74) is 3.51. The summed E-state index contributed by atoms with van der Waals surface area (Å²) in [6, 6.07) is 16.3. The van der Waals surface area contributed by atoms with Crippen LogP contribution in [-0.2, 0) is 11.3 Å². The quantitative estimate of drug-likeness (QED) is 0.459. The summed E-state index contributed by atoms with van der Waals surface area (Å²) in [6.07, 6.45) is 2.48. The number of aromatic nitrogens is 4. The van der Waals surface area contributed by atoms with Crippen LogP contribution in [0, 0.1) is 22.7 Å². The van der Waals surface area contributed by atoms with Crippen molar-refractivity contribution in [1.29, 1.82) is 10.5 Å². The van der Waals surface area contributed by atoms with Crippen LogP contribution < -0.4 is 9.74 Å². The third-order valence-electron chi connectivity index (χ3n) is 5.48. The molecule has 33 heavy (non-hydrogen) atoms. The molecule has 0 aliphatic carbocycles. The molecule has 170 valence electrons. The number of morpholine rings is 1. The molecule has 1 aliphatic rings.